The van der Waals surface area contributed by atoms with Gasteiger partial charge in [-0.3, -0.25) is 0 Å². The van der Waals surface area contributed by atoms with Crippen LogP contribution in [0.25, 0.3) is 11.2 Å². The van der Waals surface area contributed by atoms with Crippen LogP contribution in [0.2, 0.25) is 0 Å². The molecule has 4 aliphatic heterocycles. The number of carbonyl (C=O) groups excluding carboxylic acids is 1. The van der Waals surface area contributed by atoms with Gasteiger partial charge in [-0.25, -0.2) is 0 Å². The molecule has 0 bridgehead atoms. The van der Waals surface area contributed by atoms with Gasteiger partial charge in [-0.1, -0.05) is 0 Å². The molecule has 1 aromatic carbocycles. The Hall–Kier alpha value is -3.13. The molecule has 6 heterocycles. The van der Waals surface area contributed by atoms with Crippen molar-refractivity contribution < 1.29 is 37.1 Å². The first kappa shape index (κ1) is 23.0. The predicted molar refractivity (Wildman–Crippen MR) is 127 cm³/mol. The number of hydrogen-bond acceptors (Lipinski definition) is 13. The molecule has 0 saturated carbocycles. The third kappa shape index (κ3) is 3.41. The van der Waals surface area contributed by atoms with Gasteiger partial charge in [0.1, 0.15) is 0 Å². The summed E-state index contributed by atoms with van der Waals surface area (Å²) < 4.78 is 44.8. The van der Waals surface area contributed by atoms with Crippen LogP contribution in [0.1, 0.15) is 27.0 Å². The number of nitrogens with one attached hydrogen (secondary N) is 1. The summed E-state index contributed by atoms with van der Waals surface area (Å²) in [6, 6.07) is 6.30. The van der Waals surface area contributed by atoms with Crippen LogP contribution in [0.5, 0.6) is 11.5 Å². The number of fused-ring (bicyclic) bond motifs is 3. The van der Waals surface area contributed by atoms with Crippen LogP contribution >= 0.6 is 7.66 Å². The molecule has 1 unspecified atom stereocenters. The van der Waals surface area contributed by atoms with E-state index in [-0.39, 0.29) is 12.4 Å². The molecule has 0 aliphatic carbocycles. The SMILES string of the molecule is CC1NP2(OC[C@H]3O[C@@H](n4cnc5c(N)ncnc54)[C@@H]4OC(C)(C)O[C@@H]43)(OC1=O)Oc1ccccc1O2. The summed E-state index contributed by atoms with van der Waals surface area (Å²) >= 11 is 0. The number of para-hydroxylation sites is 2. The van der Waals surface area contributed by atoms with Crippen molar-refractivity contribution in [3.63, 3.8) is 0 Å². The number of rotatable bonds is 4. The Bertz CT molecular complexity index is 1410. The number of imidazole rings is 1. The summed E-state index contributed by atoms with van der Waals surface area (Å²) in [5, 5.41) is 3.03. The van der Waals surface area contributed by atoms with E-state index in [1.54, 1.807) is 42.1 Å². The number of hydrogen-bond donors (Lipinski definition) is 2. The van der Waals surface area contributed by atoms with E-state index >= 15 is 0 Å². The van der Waals surface area contributed by atoms with Crippen molar-refractivity contribution in [2.45, 2.75) is 57.1 Å². The molecule has 3 N–H and O–H groups in total. The molecule has 1 spiro atoms. The van der Waals surface area contributed by atoms with Crippen LogP contribution in [0.3, 0.4) is 0 Å². The summed E-state index contributed by atoms with van der Waals surface area (Å²) in [5.74, 6) is -0.358. The summed E-state index contributed by atoms with van der Waals surface area (Å²) in [6.45, 7) is 5.19. The zero-order valence-electron chi connectivity index (χ0n) is 20.1. The minimum absolute atomic E-state index is 0.0975. The molecule has 15 heteroatoms. The van der Waals surface area contributed by atoms with Crippen molar-refractivity contribution in [1.82, 2.24) is 24.6 Å². The molecule has 14 nitrogen and oxygen atoms in total. The van der Waals surface area contributed by atoms with E-state index in [0.29, 0.717) is 22.7 Å². The van der Waals surface area contributed by atoms with Crippen LogP contribution in [0.4, 0.5) is 5.82 Å². The average Bonchev–Trinajstić information content (AvgIpc) is 3.61. The van der Waals surface area contributed by atoms with Crippen LogP contribution < -0.4 is 19.9 Å². The zero-order chi connectivity index (χ0) is 25.6. The quantitative estimate of drug-likeness (QED) is 0.469. The topological polar surface area (TPSA) is 163 Å². The van der Waals surface area contributed by atoms with Crippen LogP contribution in [0.15, 0.2) is 36.9 Å². The van der Waals surface area contributed by atoms with Gasteiger partial charge in [0.25, 0.3) is 0 Å². The van der Waals surface area contributed by atoms with Gasteiger partial charge in [-0.05, 0) is 0 Å². The van der Waals surface area contributed by atoms with Crippen molar-refractivity contribution in [3.05, 3.63) is 36.9 Å². The molecule has 4 aliphatic rings. The molecular weight excluding hydrogens is 507 g/mol. The summed E-state index contributed by atoms with van der Waals surface area (Å²) in [4.78, 5) is 25.2. The van der Waals surface area contributed by atoms with Gasteiger partial charge in [0.15, 0.2) is 0 Å². The molecule has 196 valence electrons. The Morgan fingerprint density at radius 3 is 2.54 bits per heavy atom. The molecule has 2 aromatic heterocycles. The molecule has 0 radical (unpaired) electrons. The van der Waals surface area contributed by atoms with Gasteiger partial charge in [0.2, 0.25) is 0 Å². The fourth-order valence-corrected chi connectivity index (χ4v) is 8.16. The van der Waals surface area contributed by atoms with Crippen LogP contribution in [-0.2, 0) is 28.1 Å². The summed E-state index contributed by atoms with van der Waals surface area (Å²) in [5.41, 5.74) is 6.92. The Balaban J connectivity index is 1.21. The average molecular weight is 532 g/mol. The third-order valence-electron chi connectivity index (χ3n) is 6.61. The Labute approximate surface area is 210 Å². The van der Waals surface area contributed by atoms with Crippen LogP contribution in [-0.4, -0.2) is 62.2 Å². The van der Waals surface area contributed by atoms with Crippen molar-refractivity contribution in [2.24, 2.45) is 0 Å². The second-order valence-electron chi connectivity index (χ2n) is 9.71. The second kappa shape index (κ2) is 7.47. The standard InChI is InChI=1S/C22H25N6O8P/c1-11-21(29)36-37(27-11,34-12-6-4-5-7-13(12)35-37)30-8-14-16-17(33-22(2,3)32-16)20(31-14)28-10-26-15-18(23)24-9-25-19(15)28/h4-7,9-11,14,16-17,20,27H,8H2,1-3H3,(H2,23,24,25)/t11?,14-,16-,17-,20-/m1/s1. The Morgan fingerprint density at radius 2 is 1.84 bits per heavy atom. The van der Waals surface area contributed by atoms with Gasteiger partial charge in [0, 0.05) is 0 Å². The van der Waals surface area contributed by atoms with Gasteiger partial charge in [0.05, 0.1) is 0 Å². The molecule has 37 heavy (non-hydrogen) atoms. The van der Waals surface area contributed by atoms with Crippen molar-refractivity contribution >= 4 is 30.6 Å². The number of benzene rings is 1. The number of nitrogen functional groups attached to an aromatic ring is 1. The molecule has 5 atom stereocenters. The normalized spacial score (nSPS) is 33.3. The van der Waals surface area contributed by atoms with Crippen molar-refractivity contribution in [1.29, 1.82) is 0 Å². The van der Waals surface area contributed by atoms with Gasteiger partial charge >= 0.3 is 210 Å². The monoisotopic (exact) mass is 532 g/mol. The Morgan fingerprint density at radius 1 is 1.11 bits per heavy atom. The molecule has 3 aromatic rings. The third-order valence-corrected chi connectivity index (χ3v) is 9.54. The maximum absolute atomic E-state index is 12.5. The Kier molecular flexibility index (Phi) is 4.65. The fraction of sp³-hybridized carbons (Fsp3) is 0.455. The van der Waals surface area contributed by atoms with E-state index in [9.17, 15) is 4.79 Å². The molecule has 7 rings (SSSR count). The maximum atomic E-state index is 12.5. The summed E-state index contributed by atoms with van der Waals surface area (Å²) in [7, 11) is -4.57. The van der Waals surface area contributed by atoms with E-state index in [0.717, 1.165) is 0 Å². The van der Waals surface area contributed by atoms with E-state index in [4.69, 9.17) is 38.0 Å². The second-order valence-corrected chi connectivity index (χ2v) is 12.4. The molecular formula is C22H25N6O8P. The number of carbonyl (C=O) groups is 1. The van der Waals surface area contributed by atoms with Gasteiger partial charge in [-0.15, -0.1) is 0 Å². The van der Waals surface area contributed by atoms with E-state index < -0.39 is 50.0 Å². The van der Waals surface area contributed by atoms with Gasteiger partial charge < -0.3 is 0 Å². The minimum atomic E-state index is -4.57. The van der Waals surface area contributed by atoms with Crippen molar-refractivity contribution in [2.75, 3.05) is 12.3 Å². The molecule has 3 fully saturated rings. The first-order valence-electron chi connectivity index (χ1n) is 11.8. The van der Waals surface area contributed by atoms with E-state index in [2.05, 4.69) is 20.0 Å². The first-order valence-corrected chi connectivity index (χ1v) is 13.7. The fourth-order valence-electron chi connectivity index (χ4n) is 5.07. The zero-order valence-corrected chi connectivity index (χ0v) is 21.0. The number of aromatic nitrogens is 4. The number of nitrogens with two attached hydrogens (primary N) is 1. The van der Waals surface area contributed by atoms with Crippen LogP contribution in [0, 0.1) is 0 Å². The number of nitrogens with zero attached hydrogens (tertiary/aromatic N) is 4. The molecule has 3 saturated heterocycles. The van der Waals surface area contributed by atoms with E-state index in [1.807, 2.05) is 13.8 Å². The summed E-state index contributed by atoms with van der Waals surface area (Å²) in [6.07, 6.45) is 0.571. The van der Waals surface area contributed by atoms with E-state index in [1.165, 1.54) is 6.33 Å². The predicted octanol–water partition coefficient (Wildman–Crippen LogP) is 1.98. The number of anilines is 1. The number of ether oxygens (including phenoxy) is 3. The van der Waals surface area contributed by atoms with Crippen molar-refractivity contribution in [3.8, 4) is 11.5 Å². The van der Waals surface area contributed by atoms with Gasteiger partial charge in [-0.2, -0.15) is 0 Å². The first-order chi connectivity index (χ1) is 17.6. The molecule has 0 amide bonds.